The lowest BCUT2D eigenvalue weighted by atomic mass is 10.1. The van der Waals surface area contributed by atoms with E-state index in [1.807, 2.05) is 0 Å². The van der Waals surface area contributed by atoms with E-state index >= 15 is 0 Å². The van der Waals surface area contributed by atoms with Gasteiger partial charge in [0.05, 0.1) is 10.6 Å². The molecule has 0 saturated carbocycles. The van der Waals surface area contributed by atoms with Gasteiger partial charge < -0.3 is 14.5 Å². The molecule has 2 heterocycles. The Hall–Kier alpha value is -4.15. The van der Waals surface area contributed by atoms with E-state index < -0.39 is 16.8 Å². The Balaban J connectivity index is 1.78. The van der Waals surface area contributed by atoms with Crippen LogP contribution in [0.1, 0.15) is 49.6 Å². The van der Waals surface area contributed by atoms with Gasteiger partial charge in [-0.3, -0.25) is 19.7 Å². The number of nitro groups is 1. The molecule has 0 radical (unpaired) electrons. The molecule has 1 aromatic heterocycles. The topological polar surface area (TPSA) is 136 Å². The normalized spacial score (nSPS) is 15.6. The number of carbonyl (C=O) groups is 3. The van der Waals surface area contributed by atoms with Gasteiger partial charge in [0.15, 0.2) is 0 Å². The van der Waals surface area contributed by atoms with Gasteiger partial charge in [0.25, 0.3) is 17.5 Å². The number of ether oxygens (including phenoxy) is 1. The lowest BCUT2D eigenvalue weighted by Crippen LogP contribution is -2.55. The summed E-state index contributed by atoms with van der Waals surface area (Å²) in [7, 11) is 0. The van der Waals surface area contributed by atoms with E-state index in [9.17, 15) is 24.5 Å². The van der Waals surface area contributed by atoms with Crippen LogP contribution in [0.3, 0.4) is 0 Å². The predicted octanol–water partition coefficient (Wildman–Crippen LogP) is 2.33. The first-order chi connectivity index (χ1) is 16.1. The van der Waals surface area contributed by atoms with Crippen LogP contribution in [-0.2, 0) is 4.74 Å². The van der Waals surface area contributed by atoms with Crippen molar-refractivity contribution in [3.8, 4) is 0 Å². The summed E-state index contributed by atoms with van der Waals surface area (Å²) in [6, 6.07) is 5.06. The summed E-state index contributed by atoms with van der Waals surface area (Å²) >= 11 is 0. The molecule has 2 amide bonds. The van der Waals surface area contributed by atoms with E-state index in [2.05, 4.69) is 16.5 Å². The Morgan fingerprint density at radius 1 is 1.18 bits per heavy atom. The number of benzene rings is 1. The fourth-order valence-corrected chi connectivity index (χ4v) is 3.80. The van der Waals surface area contributed by atoms with Gasteiger partial charge >= 0.3 is 5.97 Å². The first-order valence-corrected chi connectivity index (χ1v) is 10.6. The summed E-state index contributed by atoms with van der Waals surface area (Å²) in [5, 5.41) is 10.8. The van der Waals surface area contributed by atoms with Gasteiger partial charge in [-0.15, -0.1) is 0 Å². The number of amides is 2. The van der Waals surface area contributed by atoms with Crippen molar-refractivity contribution < 1.29 is 24.0 Å². The van der Waals surface area contributed by atoms with Crippen LogP contribution in [0, 0.1) is 24.0 Å². The lowest BCUT2D eigenvalue weighted by Gasteiger charge is -2.40. The van der Waals surface area contributed by atoms with Crippen molar-refractivity contribution >= 4 is 23.5 Å². The minimum atomic E-state index is -0.708. The van der Waals surface area contributed by atoms with Crippen molar-refractivity contribution in [3.63, 3.8) is 0 Å². The second-order valence-corrected chi connectivity index (χ2v) is 7.87. The highest BCUT2D eigenvalue weighted by atomic mass is 16.6. The molecule has 0 spiro atoms. The highest BCUT2D eigenvalue weighted by molar-refractivity contribution is 6.04. The Bertz CT molecular complexity index is 1150. The summed E-state index contributed by atoms with van der Waals surface area (Å²) < 4.78 is 5.12. The number of nitro benzene ring substituents is 1. The quantitative estimate of drug-likeness (QED) is 0.273. The van der Waals surface area contributed by atoms with Crippen LogP contribution in [0.2, 0.25) is 0 Å². The number of aryl methyl sites for hydroxylation is 2. The third kappa shape index (κ3) is 5.08. The molecule has 1 atom stereocenters. The van der Waals surface area contributed by atoms with Gasteiger partial charge in [-0.05, 0) is 32.9 Å². The molecule has 0 bridgehead atoms. The molecule has 1 fully saturated rings. The molecule has 1 aliphatic rings. The van der Waals surface area contributed by atoms with Crippen LogP contribution < -0.4 is 0 Å². The second kappa shape index (κ2) is 10.2. The molecule has 1 saturated heterocycles. The van der Waals surface area contributed by atoms with Crippen molar-refractivity contribution in [2.24, 2.45) is 0 Å². The Morgan fingerprint density at radius 2 is 1.85 bits per heavy atom. The second-order valence-electron chi connectivity index (χ2n) is 7.87. The van der Waals surface area contributed by atoms with Crippen molar-refractivity contribution in [1.82, 2.24) is 19.8 Å². The number of esters is 1. The molecule has 0 N–H and O–H groups in total. The zero-order chi connectivity index (χ0) is 25.0. The largest absolute Gasteiger partial charge is 0.458 e. The maximum Gasteiger partial charge on any atom is 0.342 e. The third-order valence-corrected chi connectivity index (χ3v) is 5.44. The highest BCUT2D eigenvalue weighted by Gasteiger charge is 2.34. The van der Waals surface area contributed by atoms with Crippen LogP contribution in [0.4, 0.5) is 5.69 Å². The molecule has 1 unspecified atom stereocenters. The third-order valence-electron chi connectivity index (χ3n) is 5.44. The first-order valence-electron chi connectivity index (χ1n) is 10.6. The molecule has 11 heteroatoms. The summed E-state index contributed by atoms with van der Waals surface area (Å²) in [4.78, 5) is 60.7. The SMILES string of the molecule is C=CCOC(=O)c1c(C)nc(C)nc1C(=O)N1CCN(C(=O)c2ccc([N+](=O)[O-])cc2)C(C)C1. The summed E-state index contributed by atoms with van der Waals surface area (Å²) in [6.45, 7) is 9.25. The van der Waals surface area contributed by atoms with Crippen molar-refractivity contribution in [2.45, 2.75) is 26.8 Å². The highest BCUT2D eigenvalue weighted by Crippen LogP contribution is 2.20. The summed E-state index contributed by atoms with van der Waals surface area (Å²) in [5.41, 5.74) is 0.533. The van der Waals surface area contributed by atoms with Gasteiger partial charge in [0.2, 0.25) is 0 Å². The Kier molecular flexibility index (Phi) is 7.34. The zero-order valence-corrected chi connectivity index (χ0v) is 19.2. The van der Waals surface area contributed by atoms with Gasteiger partial charge in [-0.25, -0.2) is 14.8 Å². The smallest absolute Gasteiger partial charge is 0.342 e. The number of rotatable bonds is 6. The van der Waals surface area contributed by atoms with Gasteiger partial charge in [-0.2, -0.15) is 0 Å². The zero-order valence-electron chi connectivity index (χ0n) is 19.2. The molecular formula is C23H25N5O6. The fraction of sp³-hybridized carbons (Fsp3) is 0.348. The van der Waals surface area contributed by atoms with E-state index in [4.69, 9.17) is 4.74 Å². The number of piperazine rings is 1. The van der Waals surface area contributed by atoms with Crippen molar-refractivity contribution in [2.75, 3.05) is 26.2 Å². The van der Waals surface area contributed by atoms with E-state index in [-0.39, 0.29) is 55.1 Å². The number of aromatic nitrogens is 2. The molecule has 0 aliphatic carbocycles. The number of nitrogens with zero attached hydrogens (tertiary/aromatic N) is 5. The molecule has 178 valence electrons. The van der Waals surface area contributed by atoms with Crippen LogP contribution in [0.5, 0.6) is 0 Å². The number of hydrogen-bond acceptors (Lipinski definition) is 8. The van der Waals surface area contributed by atoms with Crippen molar-refractivity contribution in [3.05, 3.63) is 75.4 Å². The van der Waals surface area contributed by atoms with E-state index in [1.54, 1.807) is 25.7 Å². The fourth-order valence-electron chi connectivity index (χ4n) is 3.80. The van der Waals surface area contributed by atoms with Gasteiger partial charge in [0.1, 0.15) is 23.7 Å². The minimum absolute atomic E-state index is 0.00879. The number of carbonyl (C=O) groups excluding carboxylic acids is 3. The Labute approximate surface area is 196 Å². The summed E-state index contributed by atoms with van der Waals surface area (Å²) in [5.74, 6) is -1.09. The van der Waals surface area contributed by atoms with Crippen LogP contribution in [0.15, 0.2) is 36.9 Å². The van der Waals surface area contributed by atoms with Crippen molar-refractivity contribution in [1.29, 1.82) is 0 Å². The lowest BCUT2D eigenvalue weighted by molar-refractivity contribution is -0.384. The summed E-state index contributed by atoms with van der Waals surface area (Å²) in [6.07, 6.45) is 1.42. The van der Waals surface area contributed by atoms with Crippen LogP contribution >= 0.6 is 0 Å². The first kappa shape index (κ1) is 24.5. The monoisotopic (exact) mass is 467 g/mol. The average Bonchev–Trinajstić information content (AvgIpc) is 2.81. The van der Waals surface area contributed by atoms with Gasteiger partial charge in [0, 0.05) is 43.4 Å². The number of non-ortho nitro benzene ring substituents is 1. The van der Waals surface area contributed by atoms with Gasteiger partial charge in [-0.1, -0.05) is 12.7 Å². The molecule has 34 heavy (non-hydrogen) atoms. The minimum Gasteiger partial charge on any atom is -0.458 e. The molecule has 11 nitrogen and oxygen atoms in total. The molecule has 1 aromatic carbocycles. The molecule has 1 aliphatic heterocycles. The Morgan fingerprint density at radius 3 is 2.44 bits per heavy atom. The predicted molar refractivity (Wildman–Crippen MR) is 121 cm³/mol. The molecule has 3 rings (SSSR count). The average molecular weight is 467 g/mol. The van der Waals surface area contributed by atoms with Crippen LogP contribution in [0.25, 0.3) is 0 Å². The van der Waals surface area contributed by atoms with Crippen LogP contribution in [-0.4, -0.2) is 74.8 Å². The van der Waals surface area contributed by atoms with E-state index in [0.717, 1.165) is 0 Å². The maximum absolute atomic E-state index is 13.3. The standard InChI is InChI=1S/C23H25N5O6/c1-5-12-34-23(31)19-15(3)24-16(4)25-20(19)22(30)26-10-11-27(14(2)13-26)21(29)17-6-8-18(9-7-17)28(32)33/h5-9,14H,1,10-13H2,2-4H3. The van der Waals surface area contributed by atoms with E-state index in [0.29, 0.717) is 17.1 Å². The molecular weight excluding hydrogens is 442 g/mol. The molecule has 2 aromatic rings. The van der Waals surface area contributed by atoms with E-state index in [1.165, 1.54) is 35.2 Å². The number of hydrogen-bond donors (Lipinski definition) is 0. The maximum atomic E-state index is 13.3.